The van der Waals surface area contributed by atoms with Crippen LogP contribution in [0.3, 0.4) is 0 Å². The lowest BCUT2D eigenvalue weighted by Crippen LogP contribution is -2.36. The Balaban J connectivity index is 2.35. The molecule has 19 heavy (non-hydrogen) atoms. The highest BCUT2D eigenvalue weighted by atomic mass is 19.1. The number of halogens is 1. The fraction of sp³-hybridized carbons (Fsp3) is 0.647. The maximum atomic E-state index is 14.1. The first-order valence-electron chi connectivity index (χ1n) is 7.51. The van der Waals surface area contributed by atoms with Crippen LogP contribution in [0, 0.1) is 17.2 Å². The number of hydrogen-bond acceptors (Lipinski definition) is 1. The molecule has 1 aliphatic rings. The monoisotopic (exact) mass is 263 g/mol. The summed E-state index contributed by atoms with van der Waals surface area (Å²) in [6.45, 7) is 4.54. The van der Waals surface area contributed by atoms with Crippen LogP contribution >= 0.6 is 0 Å². The molecule has 2 heteroatoms. The average molecular weight is 263 g/mol. The predicted molar refractivity (Wildman–Crippen MR) is 78.6 cm³/mol. The van der Waals surface area contributed by atoms with Crippen LogP contribution in [-0.4, -0.2) is 7.05 Å². The van der Waals surface area contributed by atoms with Crippen LogP contribution < -0.4 is 5.32 Å². The largest absolute Gasteiger partial charge is 0.312 e. The summed E-state index contributed by atoms with van der Waals surface area (Å²) in [4.78, 5) is 0. The summed E-state index contributed by atoms with van der Waals surface area (Å²) in [7, 11) is 1.97. The Kier molecular flexibility index (Phi) is 4.62. The molecule has 1 saturated carbocycles. The zero-order valence-electron chi connectivity index (χ0n) is 12.4. The molecule has 0 amide bonds. The first-order valence-corrected chi connectivity index (χ1v) is 7.51. The highest BCUT2D eigenvalue weighted by molar-refractivity contribution is 5.24. The molecule has 0 bridgehead atoms. The zero-order chi connectivity index (χ0) is 13.9. The van der Waals surface area contributed by atoms with E-state index in [1.807, 2.05) is 19.2 Å². The van der Waals surface area contributed by atoms with E-state index in [-0.39, 0.29) is 17.3 Å². The van der Waals surface area contributed by atoms with Crippen LogP contribution in [0.15, 0.2) is 24.3 Å². The van der Waals surface area contributed by atoms with Crippen LogP contribution in [0.5, 0.6) is 0 Å². The fourth-order valence-electron chi connectivity index (χ4n) is 4.00. The maximum absolute atomic E-state index is 14.1. The first kappa shape index (κ1) is 14.5. The van der Waals surface area contributed by atoms with Gasteiger partial charge >= 0.3 is 0 Å². The Morgan fingerprint density at radius 1 is 1.21 bits per heavy atom. The summed E-state index contributed by atoms with van der Waals surface area (Å²) >= 11 is 0. The number of nitrogens with one attached hydrogen (secondary N) is 1. The minimum atomic E-state index is -0.0723. The lowest BCUT2D eigenvalue weighted by Gasteiger charge is -2.39. The zero-order valence-corrected chi connectivity index (χ0v) is 12.4. The molecule has 0 aromatic heterocycles. The van der Waals surface area contributed by atoms with Crippen molar-refractivity contribution < 1.29 is 4.39 Å². The molecule has 1 aliphatic carbocycles. The minimum Gasteiger partial charge on any atom is -0.312 e. The average Bonchev–Trinajstić information content (AvgIpc) is 2.81. The molecule has 106 valence electrons. The topological polar surface area (TPSA) is 12.0 Å². The molecule has 0 radical (unpaired) electrons. The summed E-state index contributed by atoms with van der Waals surface area (Å²) in [6, 6.07) is 7.38. The third-order valence-electron chi connectivity index (χ3n) is 4.53. The van der Waals surface area contributed by atoms with E-state index in [4.69, 9.17) is 0 Å². The van der Waals surface area contributed by atoms with Crippen molar-refractivity contribution in [3.05, 3.63) is 35.6 Å². The summed E-state index contributed by atoms with van der Waals surface area (Å²) in [5, 5.41) is 3.41. The molecule has 1 unspecified atom stereocenters. The van der Waals surface area contributed by atoms with Gasteiger partial charge in [-0.3, -0.25) is 0 Å². The van der Waals surface area contributed by atoms with Gasteiger partial charge in [-0.1, -0.05) is 44.9 Å². The third-order valence-corrected chi connectivity index (χ3v) is 4.53. The van der Waals surface area contributed by atoms with Crippen LogP contribution in [0.1, 0.15) is 57.6 Å². The van der Waals surface area contributed by atoms with Gasteiger partial charge in [0.05, 0.1) is 0 Å². The molecule has 0 saturated heterocycles. The number of hydrogen-bond donors (Lipinski definition) is 1. The standard InChI is InChI=1S/C17H26FN/c1-13(2)12-17(10-6-7-11-17)16(19-3)14-8-4-5-9-15(14)18/h4-5,8-9,13,16,19H,6-7,10-12H2,1-3H3. The molecular formula is C17H26FN. The molecule has 2 rings (SSSR count). The Hall–Kier alpha value is -0.890. The first-order chi connectivity index (χ1) is 9.09. The second-order valence-electron chi connectivity index (χ2n) is 6.41. The normalized spacial score (nSPS) is 19.8. The maximum Gasteiger partial charge on any atom is 0.127 e. The van der Waals surface area contributed by atoms with E-state index in [0.29, 0.717) is 5.92 Å². The van der Waals surface area contributed by atoms with E-state index in [0.717, 1.165) is 5.56 Å². The second kappa shape index (κ2) is 6.04. The Morgan fingerprint density at radius 2 is 1.84 bits per heavy atom. The van der Waals surface area contributed by atoms with E-state index in [2.05, 4.69) is 19.2 Å². The van der Waals surface area contributed by atoms with E-state index in [1.165, 1.54) is 32.1 Å². The second-order valence-corrected chi connectivity index (χ2v) is 6.41. The number of benzene rings is 1. The Bertz CT molecular complexity index is 407. The van der Waals surface area contributed by atoms with Gasteiger partial charge in [0, 0.05) is 11.6 Å². The SMILES string of the molecule is CNC(c1ccccc1F)C1(CC(C)C)CCCC1. The van der Waals surface area contributed by atoms with Gasteiger partial charge in [-0.25, -0.2) is 4.39 Å². The van der Waals surface area contributed by atoms with E-state index in [1.54, 1.807) is 12.1 Å². The Labute approximate surface area is 116 Å². The summed E-state index contributed by atoms with van der Waals surface area (Å²) < 4.78 is 14.1. The van der Waals surface area contributed by atoms with Crippen molar-refractivity contribution >= 4 is 0 Å². The molecule has 0 aliphatic heterocycles. The molecule has 1 nitrogen and oxygen atoms in total. The van der Waals surface area contributed by atoms with Gasteiger partial charge in [-0.15, -0.1) is 0 Å². The van der Waals surface area contributed by atoms with Crippen molar-refractivity contribution in [2.45, 2.75) is 52.0 Å². The van der Waals surface area contributed by atoms with Gasteiger partial charge < -0.3 is 5.32 Å². The van der Waals surface area contributed by atoms with Crippen LogP contribution in [0.2, 0.25) is 0 Å². The highest BCUT2D eigenvalue weighted by Gasteiger charge is 2.42. The van der Waals surface area contributed by atoms with Crippen LogP contribution in [0.4, 0.5) is 4.39 Å². The molecule has 1 fully saturated rings. The quantitative estimate of drug-likeness (QED) is 0.812. The fourth-order valence-corrected chi connectivity index (χ4v) is 4.00. The van der Waals surface area contributed by atoms with Crippen molar-refractivity contribution in [2.75, 3.05) is 7.05 Å². The Morgan fingerprint density at radius 3 is 2.37 bits per heavy atom. The highest BCUT2D eigenvalue weighted by Crippen LogP contribution is 2.51. The third kappa shape index (κ3) is 3.00. The van der Waals surface area contributed by atoms with Gasteiger partial charge in [0.2, 0.25) is 0 Å². The van der Waals surface area contributed by atoms with Crippen LogP contribution in [0.25, 0.3) is 0 Å². The van der Waals surface area contributed by atoms with E-state index < -0.39 is 0 Å². The van der Waals surface area contributed by atoms with E-state index in [9.17, 15) is 4.39 Å². The van der Waals surface area contributed by atoms with Gasteiger partial charge in [0.15, 0.2) is 0 Å². The molecule has 1 aromatic rings. The summed E-state index contributed by atoms with van der Waals surface area (Å²) in [5.41, 5.74) is 1.07. The number of rotatable bonds is 5. The molecule has 1 atom stereocenters. The van der Waals surface area contributed by atoms with Gasteiger partial charge in [-0.05, 0) is 43.7 Å². The van der Waals surface area contributed by atoms with Crippen molar-refractivity contribution in [1.29, 1.82) is 0 Å². The minimum absolute atomic E-state index is 0.0723. The van der Waals surface area contributed by atoms with E-state index >= 15 is 0 Å². The van der Waals surface area contributed by atoms with Crippen molar-refractivity contribution in [1.82, 2.24) is 5.32 Å². The lowest BCUT2D eigenvalue weighted by molar-refractivity contribution is 0.159. The van der Waals surface area contributed by atoms with Crippen molar-refractivity contribution in [2.24, 2.45) is 11.3 Å². The van der Waals surface area contributed by atoms with Crippen molar-refractivity contribution in [3.63, 3.8) is 0 Å². The van der Waals surface area contributed by atoms with Gasteiger partial charge in [0.25, 0.3) is 0 Å². The smallest absolute Gasteiger partial charge is 0.127 e. The molecular weight excluding hydrogens is 237 g/mol. The molecule has 0 spiro atoms. The summed E-state index contributed by atoms with van der Waals surface area (Å²) in [5.74, 6) is 0.581. The van der Waals surface area contributed by atoms with Gasteiger partial charge in [-0.2, -0.15) is 0 Å². The van der Waals surface area contributed by atoms with Gasteiger partial charge in [0.1, 0.15) is 5.82 Å². The van der Waals surface area contributed by atoms with Crippen LogP contribution in [-0.2, 0) is 0 Å². The predicted octanol–water partition coefficient (Wildman–Crippen LogP) is 4.69. The lowest BCUT2D eigenvalue weighted by atomic mass is 9.70. The molecule has 1 aromatic carbocycles. The molecule has 1 N–H and O–H groups in total. The molecule has 0 heterocycles. The summed E-state index contributed by atoms with van der Waals surface area (Å²) in [6.07, 6.45) is 6.15. The van der Waals surface area contributed by atoms with Crippen molar-refractivity contribution in [3.8, 4) is 0 Å².